The third kappa shape index (κ3) is 3.11. The van der Waals surface area contributed by atoms with Crippen molar-refractivity contribution in [1.82, 2.24) is 0 Å². The Morgan fingerprint density at radius 2 is 1.00 bits per heavy atom. The van der Waals surface area contributed by atoms with E-state index in [0.717, 1.165) is 0 Å². The molecule has 2 aliphatic rings. The first kappa shape index (κ1) is 16.0. The molecular formula is C15H20O6. The minimum absolute atomic E-state index is 0.0483. The fourth-order valence-corrected chi connectivity index (χ4v) is 3.61. The number of aliphatic hydroxyl groups excluding tert-OH is 2. The topological polar surface area (TPSA) is 109 Å². The molecule has 2 saturated carbocycles. The van der Waals surface area contributed by atoms with Gasteiger partial charge in [0, 0.05) is 38.9 Å². The molecule has 2 N–H and O–H groups in total. The molecule has 1 spiro atoms. The van der Waals surface area contributed by atoms with Crippen LogP contribution in [-0.4, -0.2) is 46.6 Å². The molecule has 0 aromatic heterocycles. The lowest BCUT2D eigenvalue weighted by molar-refractivity contribution is -0.148. The van der Waals surface area contributed by atoms with E-state index in [-0.39, 0.29) is 74.9 Å². The van der Waals surface area contributed by atoms with E-state index >= 15 is 0 Å². The average Bonchev–Trinajstić information content (AvgIpc) is 2.38. The van der Waals surface area contributed by atoms with Crippen molar-refractivity contribution >= 4 is 23.1 Å². The van der Waals surface area contributed by atoms with Crippen molar-refractivity contribution in [3.63, 3.8) is 0 Å². The third-order valence-corrected chi connectivity index (χ3v) is 4.59. The van der Waals surface area contributed by atoms with E-state index < -0.39 is 17.3 Å². The molecule has 2 aliphatic carbocycles. The Labute approximate surface area is 122 Å². The summed E-state index contributed by atoms with van der Waals surface area (Å²) in [5.41, 5.74) is -0.861. The van der Waals surface area contributed by atoms with E-state index in [1.165, 1.54) is 0 Å². The van der Waals surface area contributed by atoms with Crippen molar-refractivity contribution in [2.75, 3.05) is 13.2 Å². The largest absolute Gasteiger partial charge is 0.396 e. The van der Waals surface area contributed by atoms with Crippen LogP contribution in [0.25, 0.3) is 0 Å². The van der Waals surface area contributed by atoms with Gasteiger partial charge in [-0.1, -0.05) is 0 Å². The third-order valence-electron chi connectivity index (χ3n) is 4.59. The Kier molecular flexibility index (Phi) is 4.68. The molecule has 0 unspecified atom stereocenters. The van der Waals surface area contributed by atoms with E-state index in [9.17, 15) is 19.2 Å². The fraction of sp³-hybridized carbons (Fsp3) is 0.733. The first-order valence-electron chi connectivity index (χ1n) is 7.25. The van der Waals surface area contributed by atoms with Gasteiger partial charge in [0.05, 0.1) is 11.8 Å². The van der Waals surface area contributed by atoms with Crippen LogP contribution in [0.3, 0.4) is 0 Å². The molecule has 6 nitrogen and oxygen atoms in total. The maximum Gasteiger partial charge on any atom is 0.144 e. The predicted molar refractivity (Wildman–Crippen MR) is 71.3 cm³/mol. The number of aliphatic hydroxyl groups is 2. The van der Waals surface area contributed by atoms with E-state index in [0.29, 0.717) is 0 Å². The lowest BCUT2D eigenvalue weighted by Crippen LogP contribution is -2.48. The number of carbonyl (C=O) groups is 4. The van der Waals surface area contributed by atoms with Gasteiger partial charge < -0.3 is 10.2 Å². The van der Waals surface area contributed by atoms with Crippen molar-refractivity contribution in [2.24, 2.45) is 17.3 Å². The van der Waals surface area contributed by atoms with Gasteiger partial charge >= 0.3 is 0 Å². The SMILES string of the molecule is O=C1CC2(CC(=O)C1CCO)CC(=O)C(CCO)C(=O)C2. The van der Waals surface area contributed by atoms with Gasteiger partial charge in [0.25, 0.3) is 0 Å². The molecule has 0 heterocycles. The van der Waals surface area contributed by atoms with Crippen molar-refractivity contribution in [3.8, 4) is 0 Å². The minimum atomic E-state index is -0.861. The summed E-state index contributed by atoms with van der Waals surface area (Å²) in [6.45, 7) is -0.461. The smallest absolute Gasteiger partial charge is 0.144 e. The van der Waals surface area contributed by atoms with Crippen LogP contribution in [0.1, 0.15) is 38.5 Å². The standard InChI is InChI=1S/C15H20O6/c16-3-1-9-11(18)5-15(6-12(9)19)7-13(20)10(2-4-17)14(21)8-15/h9-10,16-17H,1-8H2. The number of rotatable bonds is 4. The number of carbonyl (C=O) groups excluding carboxylic acids is 4. The number of hydrogen-bond acceptors (Lipinski definition) is 6. The minimum Gasteiger partial charge on any atom is -0.396 e. The van der Waals surface area contributed by atoms with Crippen LogP contribution in [0.4, 0.5) is 0 Å². The van der Waals surface area contributed by atoms with Crippen LogP contribution >= 0.6 is 0 Å². The molecule has 0 aliphatic heterocycles. The molecule has 2 rings (SSSR count). The second-order valence-corrected chi connectivity index (χ2v) is 6.20. The first-order valence-corrected chi connectivity index (χ1v) is 7.25. The lowest BCUT2D eigenvalue weighted by Gasteiger charge is -2.41. The van der Waals surface area contributed by atoms with Gasteiger partial charge in [-0.2, -0.15) is 0 Å². The molecular weight excluding hydrogens is 276 g/mol. The fourth-order valence-electron chi connectivity index (χ4n) is 3.61. The van der Waals surface area contributed by atoms with E-state index in [2.05, 4.69) is 0 Å². The molecule has 0 radical (unpaired) electrons. The van der Waals surface area contributed by atoms with Crippen molar-refractivity contribution < 1.29 is 29.4 Å². The van der Waals surface area contributed by atoms with Crippen LogP contribution in [-0.2, 0) is 19.2 Å². The highest BCUT2D eigenvalue weighted by molar-refractivity contribution is 6.10. The molecule has 0 atom stereocenters. The Morgan fingerprint density at radius 1 is 0.714 bits per heavy atom. The molecule has 0 aromatic rings. The predicted octanol–water partition coefficient (Wildman–Crippen LogP) is -0.166. The molecule has 0 saturated heterocycles. The second kappa shape index (κ2) is 6.15. The van der Waals surface area contributed by atoms with Crippen LogP contribution in [0, 0.1) is 17.3 Å². The highest BCUT2D eigenvalue weighted by Crippen LogP contribution is 2.46. The summed E-state index contributed by atoms with van der Waals surface area (Å²) >= 11 is 0. The molecule has 21 heavy (non-hydrogen) atoms. The number of hydrogen-bond donors (Lipinski definition) is 2. The summed E-state index contributed by atoms with van der Waals surface area (Å²) in [5.74, 6) is -2.69. The molecule has 0 aromatic carbocycles. The normalized spacial score (nSPS) is 33.8. The second-order valence-electron chi connectivity index (χ2n) is 6.20. The Hall–Kier alpha value is -1.40. The van der Waals surface area contributed by atoms with E-state index in [1.807, 2.05) is 0 Å². The summed E-state index contributed by atoms with van der Waals surface area (Å²) in [6, 6.07) is 0. The summed E-state index contributed by atoms with van der Waals surface area (Å²) in [7, 11) is 0. The van der Waals surface area contributed by atoms with Crippen molar-refractivity contribution in [3.05, 3.63) is 0 Å². The molecule has 116 valence electrons. The van der Waals surface area contributed by atoms with Crippen LogP contribution < -0.4 is 0 Å². The van der Waals surface area contributed by atoms with E-state index in [1.54, 1.807) is 0 Å². The summed E-state index contributed by atoms with van der Waals surface area (Å²) in [5, 5.41) is 17.8. The van der Waals surface area contributed by atoms with Gasteiger partial charge in [-0.3, -0.25) is 19.2 Å². The van der Waals surface area contributed by atoms with Gasteiger partial charge in [-0.15, -0.1) is 0 Å². The lowest BCUT2D eigenvalue weighted by atomic mass is 9.59. The zero-order valence-corrected chi connectivity index (χ0v) is 11.8. The monoisotopic (exact) mass is 296 g/mol. The maximum absolute atomic E-state index is 12.1. The van der Waals surface area contributed by atoms with Gasteiger partial charge in [0.1, 0.15) is 23.1 Å². The molecule has 6 heteroatoms. The van der Waals surface area contributed by atoms with Gasteiger partial charge in [-0.05, 0) is 18.3 Å². The zero-order chi connectivity index (χ0) is 15.6. The summed E-state index contributed by atoms with van der Waals surface area (Å²) in [4.78, 5) is 48.4. The summed E-state index contributed by atoms with van der Waals surface area (Å²) < 4.78 is 0. The Balaban J connectivity index is 2.15. The van der Waals surface area contributed by atoms with Crippen molar-refractivity contribution in [1.29, 1.82) is 0 Å². The zero-order valence-electron chi connectivity index (χ0n) is 11.8. The van der Waals surface area contributed by atoms with Crippen LogP contribution in [0.5, 0.6) is 0 Å². The first-order chi connectivity index (χ1) is 9.92. The van der Waals surface area contributed by atoms with Gasteiger partial charge in [0.15, 0.2) is 0 Å². The van der Waals surface area contributed by atoms with E-state index in [4.69, 9.17) is 10.2 Å². The Morgan fingerprint density at radius 3 is 1.24 bits per heavy atom. The van der Waals surface area contributed by atoms with Gasteiger partial charge in [-0.25, -0.2) is 0 Å². The molecule has 2 fully saturated rings. The number of Topliss-reactive ketones (excluding diaryl/α,β-unsaturated/α-hetero) is 4. The van der Waals surface area contributed by atoms with Crippen LogP contribution in [0.2, 0.25) is 0 Å². The number of ketones is 4. The summed E-state index contributed by atoms with van der Waals surface area (Å²) in [6.07, 6.45) is 0.421. The van der Waals surface area contributed by atoms with Crippen molar-refractivity contribution in [2.45, 2.75) is 38.5 Å². The van der Waals surface area contributed by atoms with Gasteiger partial charge in [0.2, 0.25) is 0 Å². The quantitative estimate of drug-likeness (QED) is 0.697. The highest BCUT2D eigenvalue weighted by Gasteiger charge is 2.51. The highest BCUT2D eigenvalue weighted by atomic mass is 16.3. The molecule has 0 bridgehead atoms. The maximum atomic E-state index is 12.1. The Bertz CT molecular complexity index is 397. The average molecular weight is 296 g/mol. The van der Waals surface area contributed by atoms with Crippen LogP contribution in [0.15, 0.2) is 0 Å². The molecule has 0 amide bonds.